The molecular weight excluding hydrogens is 338 g/mol. The number of carbonyl (C=O) groups excluding carboxylic acids is 1. The van der Waals surface area contributed by atoms with Crippen LogP contribution >= 0.6 is 0 Å². The second-order valence-corrected chi connectivity index (χ2v) is 6.94. The van der Waals surface area contributed by atoms with Crippen LogP contribution in [0.5, 0.6) is 0 Å². The van der Waals surface area contributed by atoms with Crippen LogP contribution in [0.25, 0.3) is 0 Å². The average Bonchev–Trinajstić information content (AvgIpc) is 2.75. The van der Waals surface area contributed by atoms with Crippen LogP contribution < -0.4 is 5.56 Å². The maximum Gasteiger partial charge on any atom is 0.274 e. The summed E-state index contributed by atoms with van der Waals surface area (Å²) in [6.07, 6.45) is 4.42. The number of hydrogen-bond acceptors (Lipinski definition) is 3. The summed E-state index contributed by atoms with van der Waals surface area (Å²) in [5.41, 5.74) is 2.13. The Morgan fingerprint density at radius 2 is 1.63 bits per heavy atom. The van der Waals surface area contributed by atoms with Crippen molar-refractivity contribution in [1.82, 2.24) is 14.9 Å². The molecule has 0 bridgehead atoms. The number of nitrogens with one attached hydrogen (secondary N) is 1. The van der Waals surface area contributed by atoms with E-state index in [0.29, 0.717) is 13.1 Å². The van der Waals surface area contributed by atoms with E-state index in [-0.39, 0.29) is 22.6 Å². The van der Waals surface area contributed by atoms with Gasteiger partial charge < -0.3 is 9.88 Å². The Kier molecular flexibility index (Phi) is 4.59. The molecule has 0 radical (unpaired) electrons. The number of nitrogens with zero attached hydrogens (tertiary/aromatic N) is 2. The lowest BCUT2D eigenvalue weighted by Crippen LogP contribution is -2.49. The number of amides is 1. The van der Waals surface area contributed by atoms with Gasteiger partial charge in [-0.2, -0.15) is 0 Å². The highest BCUT2D eigenvalue weighted by atomic mass is 16.2. The number of H-pyrrole nitrogens is 1. The smallest absolute Gasteiger partial charge is 0.274 e. The predicted octanol–water partition coefficient (Wildman–Crippen LogP) is 2.99. The Labute approximate surface area is 157 Å². The first kappa shape index (κ1) is 17.2. The maximum atomic E-state index is 13.0. The van der Waals surface area contributed by atoms with E-state index >= 15 is 0 Å². The van der Waals surface area contributed by atoms with Crippen LogP contribution in [0.15, 0.2) is 77.9 Å². The van der Waals surface area contributed by atoms with Gasteiger partial charge in [0.25, 0.3) is 11.5 Å². The van der Waals surface area contributed by atoms with Crippen molar-refractivity contribution in [1.29, 1.82) is 0 Å². The molecule has 0 unspecified atom stereocenters. The molecule has 0 spiro atoms. The Morgan fingerprint density at radius 3 is 2.19 bits per heavy atom. The van der Waals surface area contributed by atoms with Gasteiger partial charge in [-0.1, -0.05) is 60.7 Å². The SMILES string of the molecule is O=C(c1c[nH]c(=O)cn1)N1CCCC(c2ccccc2)(c2ccccc2)C1. The maximum absolute atomic E-state index is 13.0. The van der Waals surface area contributed by atoms with Gasteiger partial charge in [0, 0.05) is 24.7 Å². The standard InChI is InChI=1S/C22H21N3O2/c26-20-15-23-19(14-24-20)21(27)25-13-7-12-22(16-25,17-8-3-1-4-9-17)18-10-5-2-6-11-18/h1-6,8-11,14-15H,7,12-13,16H2,(H,24,26). The molecule has 1 N–H and O–H groups in total. The molecule has 5 heteroatoms. The van der Waals surface area contributed by atoms with Crippen molar-refractivity contribution >= 4 is 5.91 Å². The van der Waals surface area contributed by atoms with Crippen LogP contribution in [0.1, 0.15) is 34.5 Å². The molecule has 1 amide bonds. The highest BCUT2D eigenvalue weighted by Crippen LogP contribution is 2.40. The minimum absolute atomic E-state index is 0.151. The number of aromatic nitrogens is 2. The second-order valence-electron chi connectivity index (χ2n) is 6.94. The molecule has 4 rings (SSSR count). The number of benzene rings is 2. The molecule has 1 saturated heterocycles. The highest BCUT2D eigenvalue weighted by molar-refractivity contribution is 5.92. The van der Waals surface area contributed by atoms with Gasteiger partial charge in [-0.05, 0) is 24.0 Å². The number of hydrogen-bond donors (Lipinski definition) is 1. The molecule has 2 aromatic carbocycles. The van der Waals surface area contributed by atoms with Gasteiger partial charge in [0.15, 0.2) is 0 Å². The summed E-state index contributed by atoms with van der Waals surface area (Å²) >= 11 is 0. The molecule has 136 valence electrons. The minimum atomic E-state index is -0.312. The van der Waals surface area contributed by atoms with Crippen molar-refractivity contribution in [2.24, 2.45) is 0 Å². The van der Waals surface area contributed by atoms with Gasteiger partial charge in [0.1, 0.15) is 5.69 Å². The predicted molar refractivity (Wildman–Crippen MR) is 104 cm³/mol. The topological polar surface area (TPSA) is 66.1 Å². The largest absolute Gasteiger partial charge is 0.336 e. The summed E-state index contributed by atoms with van der Waals surface area (Å²) in [6.45, 7) is 1.27. The number of likely N-dealkylation sites (tertiary alicyclic amines) is 1. The highest BCUT2D eigenvalue weighted by Gasteiger charge is 2.40. The molecule has 2 heterocycles. The van der Waals surface area contributed by atoms with Gasteiger partial charge in [-0.15, -0.1) is 0 Å². The third-order valence-corrected chi connectivity index (χ3v) is 5.32. The zero-order valence-electron chi connectivity index (χ0n) is 15.0. The molecule has 0 saturated carbocycles. The van der Waals surface area contributed by atoms with Gasteiger partial charge in [0.05, 0.1) is 6.20 Å². The van der Waals surface area contributed by atoms with Crippen molar-refractivity contribution in [2.45, 2.75) is 18.3 Å². The summed E-state index contributed by atoms with van der Waals surface area (Å²) in [7, 11) is 0. The molecule has 5 nitrogen and oxygen atoms in total. The third-order valence-electron chi connectivity index (χ3n) is 5.32. The van der Waals surface area contributed by atoms with E-state index in [1.165, 1.54) is 17.3 Å². The van der Waals surface area contributed by atoms with Gasteiger partial charge in [-0.3, -0.25) is 9.59 Å². The summed E-state index contributed by atoms with van der Waals surface area (Å²) in [6, 6.07) is 20.8. The fourth-order valence-electron chi connectivity index (χ4n) is 4.00. The molecule has 0 aliphatic carbocycles. The van der Waals surface area contributed by atoms with E-state index in [4.69, 9.17) is 0 Å². The van der Waals surface area contributed by atoms with E-state index in [0.717, 1.165) is 19.0 Å². The van der Waals surface area contributed by atoms with E-state index in [1.807, 2.05) is 41.3 Å². The van der Waals surface area contributed by atoms with Crippen molar-refractivity contribution in [3.63, 3.8) is 0 Å². The van der Waals surface area contributed by atoms with Crippen LogP contribution in [0.4, 0.5) is 0 Å². The van der Waals surface area contributed by atoms with E-state index in [9.17, 15) is 9.59 Å². The summed E-state index contributed by atoms with van der Waals surface area (Å²) < 4.78 is 0. The molecule has 27 heavy (non-hydrogen) atoms. The van der Waals surface area contributed by atoms with Crippen LogP contribution in [-0.4, -0.2) is 33.9 Å². The third kappa shape index (κ3) is 3.28. The fourth-order valence-corrected chi connectivity index (χ4v) is 4.00. The first-order valence-corrected chi connectivity index (χ1v) is 9.14. The number of piperidine rings is 1. The minimum Gasteiger partial charge on any atom is -0.336 e. The lowest BCUT2D eigenvalue weighted by Gasteiger charge is -2.43. The Balaban J connectivity index is 1.73. The van der Waals surface area contributed by atoms with Crippen LogP contribution in [0.2, 0.25) is 0 Å². The van der Waals surface area contributed by atoms with E-state index in [1.54, 1.807) is 0 Å². The lowest BCUT2D eigenvalue weighted by molar-refractivity contribution is 0.0660. The average molecular weight is 359 g/mol. The van der Waals surface area contributed by atoms with Crippen LogP contribution in [0, 0.1) is 0 Å². The van der Waals surface area contributed by atoms with Crippen LogP contribution in [0.3, 0.4) is 0 Å². The monoisotopic (exact) mass is 359 g/mol. The number of rotatable bonds is 3. The molecule has 3 aromatic rings. The Hall–Kier alpha value is -3.21. The molecule has 1 fully saturated rings. The normalized spacial score (nSPS) is 16.1. The van der Waals surface area contributed by atoms with E-state index < -0.39 is 0 Å². The Morgan fingerprint density at radius 1 is 1.00 bits per heavy atom. The fraction of sp³-hybridized carbons (Fsp3) is 0.227. The second kappa shape index (κ2) is 7.19. The zero-order chi connectivity index (χ0) is 18.7. The van der Waals surface area contributed by atoms with Crippen molar-refractivity contribution in [3.05, 3.63) is 100 Å². The van der Waals surface area contributed by atoms with Gasteiger partial charge in [-0.25, -0.2) is 4.98 Å². The van der Waals surface area contributed by atoms with Gasteiger partial charge >= 0.3 is 0 Å². The lowest BCUT2D eigenvalue weighted by atomic mass is 9.69. The molecular formula is C22H21N3O2. The quantitative estimate of drug-likeness (QED) is 0.782. The summed E-state index contributed by atoms with van der Waals surface area (Å²) in [4.78, 5) is 32.7. The van der Waals surface area contributed by atoms with Gasteiger partial charge in [0.2, 0.25) is 0 Å². The first-order valence-electron chi connectivity index (χ1n) is 9.14. The summed E-state index contributed by atoms with van der Waals surface area (Å²) in [5, 5.41) is 0. The first-order chi connectivity index (χ1) is 13.2. The van der Waals surface area contributed by atoms with Crippen molar-refractivity contribution < 1.29 is 4.79 Å². The Bertz CT molecular complexity index is 923. The molecule has 1 aromatic heterocycles. The van der Waals surface area contributed by atoms with Crippen molar-refractivity contribution in [3.8, 4) is 0 Å². The van der Waals surface area contributed by atoms with Crippen LogP contribution in [-0.2, 0) is 5.41 Å². The van der Waals surface area contributed by atoms with E-state index in [2.05, 4.69) is 34.2 Å². The number of aromatic amines is 1. The molecule has 0 atom stereocenters. The summed E-state index contributed by atoms with van der Waals surface area (Å²) in [5.74, 6) is -0.151. The number of carbonyl (C=O) groups is 1. The molecule has 1 aliphatic rings. The molecule has 1 aliphatic heterocycles. The van der Waals surface area contributed by atoms with Crippen molar-refractivity contribution in [2.75, 3.05) is 13.1 Å². The zero-order valence-corrected chi connectivity index (χ0v) is 15.0.